The van der Waals surface area contributed by atoms with E-state index in [9.17, 15) is 9.18 Å². The number of likely N-dealkylation sites (N-methyl/N-ethyl adjacent to an activating group) is 1. The van der Waals surface area contributed by atoms with E-state index in [1.807, 2.05) is 0 Å². The van der Waals surface area contributed by atoms with Gasteiger partial charge in [-0.3, -0.25) is 4.79 Å². The van der Waals surface area contributed by atoms with Gasteiger partial charge in [0.25, 0.3) is 0 Å². The molecule has 2 N–H and O–H groups in total. The number of nitrogens with two attached hydrogens (primary N) is 1. The second-order valence-corrected chi connectivity index (χ2v) is 5.44. The number of piperidine rings is 1. The van der Waals surface area contributed by atoms with Crippen molar-refractivity contribution < 1.29 is 13.9 Å². The van der Waals surface area contributed by atoms with Crippen LogP contribution in [0.2, 0.25) is 0 Å². The van der Waals surface area contributed by atoms with Crippen LogP contribution in [0.4, 0.5) is 16.0 Å². The zero-order chi connectivity index (χ0) is 16.1. The minimum atomic E-state index is -0.480. The molecule has 1 fully saturated rings. The predicted octanol–water partition coefficient (Wildman–Crippen LogP) is 0.400. The summed E-state index contributed by atoms with van der Waals surface area (Å²) in [6, 6.07) is 0. The molecule has 22 heavy (non-hydrogen) atoms. The Kier molecular flexibility index (Phi) is 5.48. The number of hydrogen-bond donors (Lipinski definition) is 1. The average molecular weight is 311 g/mol. The number of nitrogens with zero attached hydrogens (tertiary/aromatic N) is 4. The van der Waals surface area contributed by atoms with Crippen LogP contribution < -0.4 is 15.5 Å². The van der Waals surface area contributed by atoms with E-state index < -0.39 is 5.82 Å². The number of methoxy groups -OCH3 is 1. The number of carbonyl (C=O) groups is 1. The lowest BCUT2D eigenvalue weighted by Crippen LogP contribution is -2.42. The maximum atomic E-state index is 14.7. The van der Waals surface area contributed by atoms with Crippen molar-refractivity contribution in [1.29, 1.82) is 0 Å². The Morgan fingerprint density at radius 3 is 3.05 bits per heavy atom. The molecule has 1 unspecified atom stereocenters. The molecule has 0 bridgehead atoms. The van der Waals surface area contributed by atoms with Gasteiger partial charge < -0.3 is 20.3 Å². The van der Waals surface area contributed by atoms with E-state index in [-0.39, 0.29) is 23.5 Å². The van der Waals surface area contributed by atoms with Crippen molar-refractivity contribution in [3.63, 3.8) is 0 Å². The number of hydrogen-bond acceptors (Lipinski definition) is 6. The number of amides is 1. The van der Waals surface area contributed by atoms with Gasteiger partial charge in [0.15, 0.2) is 11.6 Å². The van der Waals surface area contributed by atoms with Crippen LogP contribution in [0.3, 0.4) is 0 Å². The van der Waals surface area contributed by atoms with Gasteiger partial charge in [0.2, 0.25) is 11.7 Å². The van der Waals surface area contributed by atoms with E-state index in [0.717, 1.165) is 12.8 Å². The SMILES string of the molecule is COCCN(C)c1ncnc(N2CCCC(C(N)=O)C2)c1F. The molecule has 2 rings (SSSR count). The fourth-order valence-electron chi connectivity index (χ4n) is 2.57. The monoisotopic (exact) mass is 311 g/mol. The molecule has 1 aliphatic rings. The predicted molar refractivity (Wildman–Crippen MR) is 81.3 cm³/mol. The van der Waals surface area contributed by atoms with Crippen molar-refractivity contribution in [3.05, 3.63) is 12.1 Å². The summed E-state index contributed by atoms with van der Waals surface area (Å²) in [5.74, 6) is -0.649. The molecule has 2 heterocycles. The Morgan fingerprint density at radius 2 is 2.36 bits per heavy atom. The molecule has 0 saturated carbocycles. The highest BCUT2D eigenvalue weighted by atomic mass is 19.1. The topological polar surface area (TPSA) is 84.6 Å². The van der Waals surface area contributed by atoms with Gasteiger partial charge in [-0.2, -0.15) is 4.39 Å². The van der Waals surface area contributed by atoms with Crippen LogP contribution in [0.1, 0.15) is 12.8 Å². The van der Waals surface area contributed by atoms with E-state index >= 15 is 0 Å². The summed E-state index contributed by atoms with van der Waals surface area (Å²) in [6.45, 7) is 2.04. The standard InChI is InChI=1S/C14H22FN5O2/c1-19(6-7-22-2)13-11(15)14(18-9-17-13)20-5-3-4-10(8-20)12(16)21/h9-10H,3-8H2,1-2H3,(H2,16,21). The van der Waals surface area contributed by atoms with Crippen molar-refractivity contribution in [2.24, 2.45) is 11.7 Å². The average Bonchev–Trinajstić information content (AvgIpc) is 2.53. The number of carbonyl (C=O) groups excluding carboxylic acids is 1. The molecule has 0 spiro atoms. The molecule has 0 aromatic carbocycles. The second-order valence-electron chi connectivity index (χ2n) is 5.44. The molecule has 1 aliphatic heterocycles. The highest BCUT2D eigenvalue weighted by Crippen LogP contribution is 2.27. The van der Waals surface area contributed by atoms with E-state index in [2.05, 4.69) is 9.97 Å². The fourth-order valence-corrected chi connectivity index (χ4v) is 2.57. The van der Waals surface area contributed by atoms with Crippen molar-refractivity contribution in [3.8, 4) is 0 Å². The van der Waals surface area contributed by atoms with Gasteiger partial charge in [-0.25, -0.2) is 9.97 Å². The number of aromatic nitrogens is 2. The molecule has 0 radical (unpaired) electrons. The minimum Gasteiger partial charge on any atom is -0.383 e. The van der Waals surface area contributed by atoms with E-state index in [1.54, 1.807) is 24.0 Å². The van der Waals surface area contributed by atoms with Crippen LogP contribution in [0.15, 0.2) is 6.33 Å². The van der Waals surface area contributed by atoms with Crippen molar-refractivity contribution in [1.82, 2.24) is 9.97 Å². The number of ether oxygens (including phenoxy) is 1. The summed E-state index contributed by atoms with van der Waals surface area (Å²) in [5.41, 5.74) is 5.36. The van der Waals surface area contributed by atoms with Crippen molar-refractivity contribution in [2.45, 2.75) is 12.8 Å². The molecule has 1 saturated heterocycles. The van der Waals surface area contributed by atoms with E-state index in [4.69, 9.17) is 10.5 Å². The summed E-state index contributed by atoms with van der Waals surface area (Å²) >= 11 is 0. The molecule has 0 aliphatic carbocycles. The van der Waals surface area contributed by atoms with E-state index in [1.165, 1.54) is 6.33 Å². The molecule has 8 heteroatoms. The Morgan fingerprint density at radius 1 is 1.59 bits per heavy atom. The number of primary amides is 1. The first-order valence-electron chi connectivity index (χ1n) is 7.29. The highest BCUT2D eigenvalue weighted by Gasteiger charge is 2.27. The van der Waals surface area contributed by atoms with E-state index in [0.29, 0.717) is 26.2 Å². The van der Waals surface area contributed by atoms with Gasteiger partial charge in [0, 0.05) is 33.8 Å². The Bertz CT molecular complexity index is 528. The maximum Gasteiger partial charge on any atom is 0.222 e. The molecule has 7 nitrogen and oxygen atoms in total. The molecule has 122 valence electrons. The molecular formula is C14H22FN5O2. The maximum absolute atomic E-state index is 14.7. The first kappa shape index (κ1) is 16.4. The zero-order valence-corrected chi connectivity index (χ0v) is 13.0. The highest BCUT2D eigenvalue weighted by molar-refractivity contribution is 5.77. The summed E-state index contributed by atoms with van der Waals surface area (Å²) in [4.78, 5) is 22.9. The fraction of sp³-hybridized carbons (Fsp3) is 0.643. The Labute approximate surface area is 129 Å². The number of rotatable bonds is 6. The van der Waals surface area contributed by atoms with Gasteiger partial charge >= 0.3 is 0 Å². The van der Waals surface area contributed by atoms with Gasteiger partial charge in [-0.05, 0) is 12.8 Å². The minimum absolute atomic E-state index is 0.222. The third kappa shape index (κ3) is 3.62. The number of anilines is 2. The second kappa shape index (κ2) is 7.35. The quantitative estimate of drug-likeness (QED) is 0.818. The lowest BCUT2D eigenvalue weighted by atomic mass is 9.97. The number of halogens is 1. The van der Waals surface area contributed by atoms with Crippen LogP contribution in [-0.2, 0) is 9.53 Å². The van der Waals surface area contributed by atoms with Crippen LogP contribution in [0, 0.1) is 11.7 Å². The summed E-state index contributed by atoms with van der Waals surface area (Å²) in [5, 5.41) is 0. The smallest absolute Gasteiger partial charge is 0.222 e. The van der Waals surface area contributed by atoms with Crippen LogP contribution in [0.25, 0.3) is 0 Å². The van der Waals surface area contributed by atoms with Crippen molar-refractivity contribution in [2.75, 3.05) is 50.2 Å². The summed E-state index contributed by atoms with van der Waals surface area (Å²) in [7, 11) is 3.34. The van der Waals surface area contributed by atoms with Crippen LogP contribution in [0.5, 0.6) is 0 Å². The van der Waals surface area contributed by atoms with Crippen LogP contribution >= 0.6 is 0 Å². The molecule has 1 aromatic rings. The van der Waals surface area contributed by atoms with Gasteiger partial charge in [-0.15, -0.1) is 0 Å². The molecule has 1 atom stereocenters. The first-order valence-corrected chi connectivity index (χ1v) is 7.29. The molecular weight excluding hydrogens is 289 g/mol. The lowest BCUT2D eigenvalue weighted by molar-refractivity contribution is -0.122. The summed E-state index contributed by atoms with van der Waals surface area (Å²) in [6.07, 6.45) is 2.86. The first-order chi connectivity index (χ1) is 10.5. The van der Waals surface area contributed by atoms with Gasteiger partial charge in [-0.1, -0.05) is 0 Å². The van der Waals surface area contributed by atoms with Gasteiger partial charge in [0.05, 0.1) is 12.5 Å². The van der Waals surface area contributed by atoms with Gasteiger partial charge in [0.1, 0.15) is 6.33 Å². The van der Waals surface area contributed by atoms with Crippen LogP contribution in [-0.4, -0.2) is 56.3 Å². The summed E-state index contributed by atoms with van der Waals surface area (Å²) < 4.78 is 19.7. The lowest BCUT2D eigenvalue weighted by Gasteiger charge is -2.32. The van der Waals surface area contributed by atoms with Crippen molar-refractivity contribution >= 4 is 17.5 Å². The largest absolute Gasteiger partial charge is 0.383 e. The Balaban J connectivity index is 2.19. The third-order valence-corrected chi connectivity index (χ3v) is 3.87. The Hall–Kier alpha value is -1.96. The molecule has 1 aromatic heterocycles. The molecule has 1 amide bonds. The third-order valence-electron chi connectivity index (χ3n) is 3.87. The normalized spacial score (nSPS) is 18.3. The zero-order valence-electron chi connectivity index (χ0n) is 13.0.